The molecule has 0 unspecified atom stereocenters. The molecule has 0 bridgehead atoms. The largest absolute Gasteiger partial charge is 0.398 e. The monoisotopic (exact) mass is 284 g/mol. The first kappa shape index (κ1) is 14.3. The number of anilines is 1. The van der Waals surface area contributed by atoms with Crippen LogP contribution in [-0.2, 0) is 20.5 Å². The minimum absolute atomic E-state index is 0.0598. The van der Waals surface area contributed by atoms with E-state index in [1.54, 1.807) is 24.3 Å². The summed E-state index contributed by atoms with van der Waals surface area (Å²) in [4.78, 5) is 0. The molecule has 1 aliphatic heterocycles. The number of para-hydroxylation sites is 1. The molecule has 0 radical (unpaired) electrons. The van der Waals surface area contributed by atoms with Gasteiger partial charge in [-0.05, 0) is 25.5 Å². The van der Waals surface area contributed by atoms with Crippen molar-refractivity contribution in [2.75, 3.05) is 25.4 Å². The number of morpholine rings is 1. The van der Waals surface area contributed by atoms with Crippen LogP contribution in [0, 0.1) is 0 Å². The van der Waals surface area contributed by atoms with E-state index in [9.17, 15) is 8.42 Å². The fraction of sp³-hybridized carbons (Fsp3) is 0.538. The molecular weight excluding hydrogens is 264 g/mol. The van der Waals surface area contributed by atoms with Crippen molar-refractivity contribution in [3.63, 3.8) is 0 Å². The number of benzene rings is 1. The van der Waals surface area contributed by atoms with Crippen molar-refractivity contribution in [2.45, 2.75) is 25.2 Å². The molecule has 1 aliphatic rings. The van der Waals surface area contributed by atoms with E-state index in [4.69, 9.17) is 10.5 Å². The Balaban J connectivity index is 2.17. The Morgan fingerprint density at radius 2 is 2.05 bits per heavy atom. The van der Waals surface area contributed by atoms with Crippen LogP contribution in [0.25, 0.3) is 0 Å². The van der Waals surface area contributed by atoms with E-state index in [0.29, 0.717) is 30.9 Å². The molecule has 0 atom stereocenters. The molecule has 0 aliphatic carbocycles. The predicted molar refractivity (Wildman–Crippen MR) is 75.1 cm³/mol. The number of nitrogens with zero attached hydrogens (tertiary/aromatic N) is 1. The fourth-order valence-electron chi connectivity index (χ4n) is 2.16. The molecule has 1 heterocycles. The van der Waals surface area contributed by atoms with E-state index in [-0.39, 0.29) is 5.75 Å². The summed E-state index contributed by atoms with van der Waals surface area (Å²) in [5, 5.41) is 0. The van der Waals surface area contributed by atoms with Gasteiger partial charge < -0.3 is 10.5 Å². The molecule has 0 amide bonds. The van der Waals surface area contributed by atoms with Gasteiger partial charge in [0.05, 0.1) is 18.0 Å². The summed E-state index contributed by atoms with van der Waals surface area (Å²) < 4.78 is 31.8. The number of sulfonamides is 1. The Kier molecular flexibility index (Phi) is 3.85. The van der Waals surface area contributed by atoms with Crippen molar-refractivity contribution in [3.8, 4) is 0 Å². The molecule has 1 saturated heterocycles. The van der Waals surface area contributed by atoms with Crippen LogP contribution in [0.5, 0.6) is 0 Å². The van der Waals surface area contributed by atoms with Crippen molar-refractivity contribution >= 4 is 15.7 Å². The molecule has 0 aromatic heterocycles. The zero-order chi connectivity index (χ0) is 14.1. The van der Waals surface area contributed by atoms with Gasteiger partial charge in [-0.3, -0.25) is 0 Å². The smallest absolute Gasteiger partial charge is 0.218 e. The summed E-state index contributed by atoms with van der Waals surface area (Å²) in [5.74, 6) is -0.0598. The number of nitrogens with two attached hydrogens (primary N) is 1. The number of hydrogen-bond donors (Lipinski definition) is 1. The quantitative estimate of drug-likeness (QED) is 0.847. The number of hydrogen-bond acceptors (Lipinski definition) is 4. The topological polar surface area (TPSA) is 72.6 Å². The maximum absolute atomic E-state index is 12.4. The SMILES string of the molecule is CC1(C)CN(S(=O)(=O)Cc2ccccc2N)CCO1. The average molecular weight is 284 g/mol. The van der Waals surface area contributed by atoms with Crippen LogP contribution in [0.3, 0.4) is 0 Å². The van der Waals surface area contributed by atoms with Gasteiger partial charge in [0, 0.05) is 18.8 Å². The standard InChI is InChI=1S/C13H20N2O3S/c1-13(2)10-15(7-8-18-13)19(16,17)9-11-5-3-4-6-12(11)14/h3-6H,7-10,14H2,1-2H3. The zero-order valence-electron chi connectivity index (χ0n) is 11.3. The highest BCUT2D eigenvalue weighted by atomic mass is 32.2. The van der Waals surface area contributed by atoms with E-state index in [0.717, 1.165) is 0 Å². The van der Waals surface area contributed by atoms with E-state index < -0.39 is 15.6 Å². The first-order valence-corrected chi connectivity index (χ1v) is 7.86. The van der Waals surface area contributed by atoms with Gasteiger partial charge in [0.25, 0.3) is 0 Å². The molecule has 106 valence electrons. The molecule has 1 aromatic carbocycles. The third kappa shape index (κ3) is 3.46. The molecule has 2 N–H and O–H groups in total. The van der Waals surface area contributed by atoms with Gasteiger partial charge in [-0.25, -0.2) is 8.42 Å². The normalized spacial score (nSPS) is 20.3. The van der Waals surface area contributed by atoms with Crippen LogP contribution in [0.15, 0.2) is 24.3 Å². The van der Waals surface area contributed by atoms with Crippen molar-refractivity contribution in [1.29, 1.82) is 0 Å². The molecule has 1 fully saturated rings. The summed E-state index contributed by atoms with van der Waals surface area (Å²) in [7, 11) is -3.36. The Labute approximate surface area is 114 Å². The number of rotatable bonds is 3. The highest BCUT2D eigenvalue weighted by molar-refractivity contribution is 7.88. The molecule has 6 heteroatoms. The van der Waals surface area contributed by atoms with Crippen molar-refractivity contribution in [1.82, 2.24) is 4.31 Å². The summed E-state index contributed by atoms with van der Waals surface area (Å²) in [6.07, 6.45) is 0. The number of nitrogen functional groups attached to an aromatic ring is 1. The van der Waals surface area contributed by atoms with E-state index in [1.807, 2.05) is 13.8 Å². The second-order valence-electron chi connectivity index (χ2n) is 5.40. The van der Waals surface area contributed by atoms with Gasteiger partial charge >= 0.3 is 0 Å². The average Bonchev–Trinajstić information content (AvgIpc) is 2.31. The Bertz CT molecular complexity index is 555. The van der Waals surface area contributed by atoms with Crippen LogP contribution in [0.2, 0.25) is 0 Å². The first-order chi connectivity index (χ1) is 8.80. The summed E-state index contributed by atoms with van der Waals surface area (Å²) in [6.45, 7) is 4.99. The highest BCUT2D eigenvalue weighted by Crippen LogP contribution is 2.22. The van der Waals surface area contributed by atoms with Gasteiger partial charge in [0.1, 0.15) is 0 Å². The second-order valence-corrected chi connectivity index (χ2v) is 7.37. The lowest BCUT2D eigenvalue weighted by molar-refractivity contribution is -0.0640. The van der Waals surface area contributed by atoms with Crippen LogP contribution >= 0.6 is 0 Å². The van der Waals surface area contributed by atoms with Gasteiger partial charge in [0.15, 0.2) is 0 Å². The van der Waals surface area contributed by atoms with Crippen molar-refractivity contribution in [2.24, 2.45) is 0 Å². The molecule has 0 spiro atoms. The van der Waals surface area contributed by atoms with Gasteiger partial charge in [-0.2, -0.15) is 4.31 Å². The number of ether oxygens (including phenoxy) is 1. The molecule has 19 heavy (non-hydrogen) atoms. The lowest BCUT2D eigenvalue weighted by Gasteiger charge is -2.37. The van der Waals surface area contributed by atoms with Crippen LogP contribution in [0.1, 0.15) is 19.4 Å². The van der Waals surface area contributed by atoms with Crippen LogP contribution < -0.4 is 5.73 Å². The zero-order valence-corrected chi connectivity index (χ0v) is 12.1. The van der Waals surface area contributed by atoms with Gasteiger partial charge in [0.2, 0.25) is 10.0 Å². The van der Waals surface area contributed by atoms with Gasteiger partial charge in [-0.15, -0.1) is 0 Å². The molecule has 5 nitrogen and oxygen atoms in total. The third-order valence-electron chi connectivity index (χ3n) is 3.18. The lowest BCUT2D eigenvalue weighted by Crippen LogP contribution is -2.50. The first-order valence-electron chi connectivity index (χ1n) is 6.25. The van der Waals surface area contributed by atoms with E-state index >= 15 is 0 Å². The molecule has 2 rings (SSSR count). The predicted octanol–water partition coefficient (Wildman–Crippen LogP) is 1.21. The minimum atomic E-state index is -3.36. The maximum Gasteiger partial charge on any atom is 0.218 e. The lowest BCUT2D eigenvalue weighted by atomic mass is 10.1. The Morgan fingerprint density at radius 1 is 1.37 bits per heavy atom. The van der Waals surface area contributed by atoms with Crippen molar-refractivity contribution in [3.05, 3.63) is 29.8 Å². The maximum atomic E-state index is 12.4. The second kappa shape index (κ2) is 5.11. The Morgan fingerprint density at radius 3 is 2.68 bits per heavy atom. The van der Waals surface area contributed by atoms with Crippen molar-refractivity contribution < 1.29 is 13.2 Å². The summed E-state index contributed by atoms with van der Waals surface area (Å²) in [6, 6.07) is 7.06. The fourth-order valence-corrected chi connectivity index (χ4v) is 3.86. The molecular formula is C13H20N2O3S. The molecule has 0 saturated carbocycles. The molecule has 1 aromatic rings. The van der Waals surface area contributed by atoms with Gasteiger partial charge in [-0.1, -0.05) is 18.2 Å². The third-order valence-corrected chi connectivity index (χ3v) is 4.95. The Hall–Kier alpha value is -1.11. The van der Waals surface area contributed by atoms with E-state index in [2.05, 4.69) is 0 Å². The highest BCUT2D eigenvalue weighted by Gasteiger charge is 2.34. The van der Waals surface area contributed by atoms with E-state index in [1.165, 1.54) is 4.31 Å². The minimum Gasteiger partial charge on any atom is -0.398 e. The van der Waals surface area contributed by atoms with Crippen LogP contribution in [-0.4, -0.2) is 38.0 Å². The van der Waals surface area contributed by atoms with Crippen LogP contribution in [0.4, 0.5) is 5.69 Å². The summed E-state index contributed by atoms with van der Waals surface area (Å²) in [5.41, 5.74) is 6.52. The summed E-state index contributed by atoms with van der Waals surface area (Å²) >= 11 is 0.